The molecule has 0 bridgehead atoms. The van der Waals surface area contributed by atoms with Gasteiger partial charge in [0.15, 0.2) is 0 Å². The van der Waals surface area contributed by atoms with Crippen molar-refractivity contribution in [3.8, 4) is 0 Å². The molecule has 0 aliphatic carbocycles. The van der Waals surface area contributed by atoms with Gasteiger partial charge in [-0.15, -0.1) is 0 Å². The molecule has 2 aromatic rings. The van der Waals surface area contributed by atoms with E-state index in [1.165, 1.54) is 10.6 Å². The Morgan fingerprint density at radius 3 is 2.35 bits per heavy atom. The number of imidazole rings is 1. The first-order valence-corrected chi connectivity index (χ1v) is 8.88. The Hall–Kier alpha value is -0.720. The SMILES string of the molecule is O=P(O)(O)C(Cl)(Cc1cnc2ccccn12)P(=O)(O)O. The summed E-state index contributed by atoms with van der Waals surface area (Å²) < 4.78 is 21.2. The Morgan fingerprint density at radius 2 is 1.80 bits per heavy atom. The molecule has 0 amide bonds. The monoisotopic (exact) mass is 340 g/mol. The molecule has 2 rings (SSSR count). The zero-order valence-corrected chi connectivity index (χ0v) is 12.4. The second-order valence-corrected chi connectivity index (χ2v) is 9.39. The van der Waals surface area contributed by atoms with Crippen LogP contribution in [0.2, 0.25) is 0 Å². The molecule has 0 aromatic carbocycles. The summed E-state index contributed by atoms with van der Waals surface area (Å²) in [4.78, 5) is 40.8. The van der Waals surface area contributed by atoms with Crippen molar-refractivity contribution in [1.82, 2.24) is 9.38 Å². The first kappa shape index (κ1) is 15.7. The minimum absolute atomic E-state index is 0.183. The van der Waals surface area contributed by atoms with Crippen LogP contribution in [0.4, 0.5) is 0 Å². The Labute approximate surface area is 118 Å². The lowest BCUT2D eigenvalue weighted by molar-refractivity contribution is 0.329. The fourth-order valence-electron chi connectivity index (χ4n) is 1.72. The van der Waals surface area contributed by atoms with Crippen LogP contribution in [0.25, 0.3) is 5.65 Å². The molecule has 20 heavy (non-hydrogen) atoms. The number of alkyl halides is 1. The Balaban J connectivity index is 2.55. The van der Waals surface area contributed by atoms with Gasteiger partial charge in [-0.1, -0.05) is 17.7 Å². The molecule has 8 nitrogen and oxygen atoms in total. The third-order valence-electron chi connectivity index (χ3n) is 2.79. The van der Waals surface area contributed by atoms with Crippen LogP contribution < -0.4 is 0 Å². The van der Waals surface area contributed by atoms with E-state index >= 15 is 0 Å². The van der Waals surface area contributed by atoms with Gasteiger partial charge in [0.25, 0.3) is 4.36 Å². The summed E-state index contributed by atoms with van der Waals surface area (Å²) in [6.07, 6.45) is 2.08. The number of aromatic nitrogens is 2. The van der Waals surface area contributed by atoms with Crippen LogP contribution >= 0.6 is 26.8 Å². The molecule has 0 spiro atoms. The van der Waals surface area contributed by atoms with E-state index in [2.05, 4.69) is 4.98 Å². The highest BCUT2D eigenvalue weighted by Crippen LogP contribution is 2.72. The second-order valence-electron chi connectivity index (χ2n) is 4.16. The molecule has 0 atom stereocenters. The molecular formula is C9H11ClN2O6P2. The van der Waals surface area contributed by atoms with Crippen LogP contribution in [0.1, 0.15) is 5.69 Å². The van der Waals surface area contributed by atoms with Crippen molar-refractivity contribution < 1.29 is 28.7 Å². The normalized spacial score (nSPS) is 13.8. The van der Waals surface area contributed by atoms with Crippen LogP contribution in [0.3, 0.4) is 0 Å². The van der Waals surface area contributed by atoms with Gasteiger partial charge in [0, 0.05) is 24.5 Å². The number of fused-ring (bicyclic) bond motifs is 1. The first-order valence-electron chi connectivity index (χ1n) is 5.27. The molecule has 0 aliphatic rings. The Morgan fingerprint density at radius 1 is 1.20 bits per heavy atom. The summed E-state index contributed by atoms with van der Waals surface area (Å²) >= 11 is 5.62. The average molecular weight is 341 g/mol. The standard InChI is InChI=1S/C9H11ClN2O6P2/c10-9(19(13,14)15,20(16,17)18)5-7-6-11-8-3-1-2-4-12(7)8/h1-4,6H,5H2,(H2,13,14,15)(H2,16,17,18). The summed E-state index contributed by atoms with van der Waals surface area (Å²) in [5.74, 6) is 0. The summed E-state index contributed by atoms with van der Waals surface area (Å²) in [6, 6.07) is 4.98. The van der Waals surface area contributed by atoms with Gasteiger partial charge in [0.1, 0.15) is 5.65 Å². The zero-order valence-electron chi connectivity index (χ0n) is 9.87. The minimum Gasteiger partial charge on any atom is -0.323 e. The summed E-state index contributed by atoms with van der Waals surface area (Å²) in [6.45, 7) is 0. The van der Waals surface area contributed by atoms with Gasteiger partial charge in [-0.2, -0.15) is 0 Å². The van der Waals surface area contributed by atoms with Gasteiger partial charge in [0.2, 0.25) is 0 Å². The Kier molecular flexibility index (Phi) is 3.86. The highest BCUT2D eigenvalue weighted by Gasteiger charge is 2.59. The predicted molar refractivity (Wildman–Crippen MR) is 71.6 cm³/mol. The van der Waals surface area contributed by atoms with E-state index in [4.69, 9.17) is 11.6 Å². The van der Waals surface area contributed by atoms with Crippen molar-refractivity contribution in [2.45, 2.75) is 10.8 Å². The molecule has 0 saturated heterocycles. The van der Waals surface area contributed by atoms with Crippen molar-refractivity contribution in [1.29, 1.82) is 0 Å². The molecule has 0 fully saturated rings. The fourth-order valence-corrected chi connectivity index (χ4v) is 3.95. The molecule has 2 aromatic heterocycles. The van der Waals surface area contributed by atoms with Gasteiger partial charge in [-0.05, 0) is 12.1 Å². The van der Waals surface area contributed by atoms with Crippen LogP contribution in [-0.2, 0) is 15.6 Å². The minimum atomic E-state index is -5.27. The van der Waals surface area contributed by atoms with Gasteiger partial charge in [-0.3, -0.25) is 9.13 Å². The predicted octanol–water partition coefficient (Wildman–Crippen LogP) is 1.12. The molecule has 2 heterocycles. The maximum absolute atomic E-state index is 11.4. The van der Waals surface area contributed by atoms with Gasteiger partial charge >= 0.3 is 15.2 Å². The lowest BCUT2D eigenvalue weighted by Crippen LogP contribution is -2.25. The average Bonchev–Trinajstić information content (AvgIpc) is 2.70. The summed E-state index contributed by atoms with van der Waals surface area (Å²) in [5, 5.41) is 0. The van der Waals surface area contributed by atoms with E-state index in [-0.39, 0.29) is 5.69 Å². The van der Waals surface area contributed by atoms with Crippen LogP contribution in [-0.4, -0.2) is 33.3 Å². The van der Waals surface area contributed by atoms with E-state index in [0.717, 1.165) is 0 Å². The molecule has 11 heteroatoms. The molecule has 0 radical (unpaired) electrons. The quantitative estimate of drug-likeness (QED) is 0.484. The van der Waals surface area contributed by atoms with Crippen LogP contribution in [0.15, 0.2) is 30.6 Å². The lowest BCUT2D eigenvalue weighted by Gasteiger charge is -2.28. The highest BCUT2D eigenvalue weighted by molar-refractivity contribution is 7.75. The maximum Gasteiger partial charge on any atom is 0.359 e. The van der Waals surface area contributed by atoms with E-state index in [1.807, 2.05) is 0 Å². The van der Waals surface area contributed by atoms with Crippen LogP contribution in [0, 0.1) is 0 Å². The summed E-state index contributed by atoms with van der Waals surface area (Å²) in [7, 11) is -10.5. The molecule has 0 saturated carbocycles. The molecule has 110 valence electrons. The molecule has 4 N–H and O–H groups in total. The molecular weight excluding hydrogens is 330 g/mol. The van der Waals surface area contributed by atoms with E-state index in [9.17, 15) is 28.7 Å². The smallest absolute Gasteiger partial charge is 0.323 e. The topological polar surface area (TPSA) is 132 Å². The van der Waals surface area contributed by atoms with E-state index in [1.54, 1.807) is 24.4 Å². The summed E-state index contributed by atoms with van der Waals surface area (Å²) in [5.41, 5.74) is 0.653. The highest BCUT2D eigenvalue weighted by atomic mass is 35.5. The zero-order chi connectivity index (χ0) is 15.2. The largest absolute Gasteiger partial charge is 0.359 e. The molecule has 0 unspecified atom stereocenters. The fraction of sp³-hybridized carbons (Fsp3) is 0.222. The van der Waals surface area contributed by atoms with Crippen molar-refractivity contribution in [2.24, 2.45) is 0 Å². The third kappa shape index (κ3) is 2.56. The van der Waals surface area contributed by atoms with E-state index in [0.29, 0.717) is 5.65 Å². The van der Waals surface area contributed by atoms with Crippen molar-refractivity contribution in [3.63, 3.8) is 0 Å². The number of halogens is 1. The lowest BCUT2D eigenvalue weighted by atomic mass is 10.3. The van der Waals surface area contributed by atoms with Gasteiger partial charge < -0.3 is 24.0 Å². The third-order valence-corrected chi connectivity index (χ3v) is 7.91. The molecule has 0 aliphatic heterocycles. The Bertz CT molecular complexity index is 713. The number of nitrogens with zero attached hydrogens (tertiary/aromatic N) is 2. The van der Waals surface area contributed by atoms with Gasteiger partial charge in [0.05, 0.1) is 0 Å². The first-order chi connectivity index (χ1) is 9.06. The number of hydrogen-bond donors (Lipinski definition) is 4. The van der Waals surface area contributed by atoms with Gasteiger partial charge in [-0.25, -0.2) is 4.98 Å². The second kappa shape index (κ2) is 4.93. The van der Waals surface area contributed by atoms with Crippen molar-refractivity contribution in [3.05, 3.63) is 36.3 Å². The number of rotatable bonds is 4. The maximum atomic E-state index is 11.4. The number of pyridine rings is 1. The number of hydrogen-bond acceptors (Lipinski definition) is 3. The van der Waals surface area contributed by atoms with Crippen LogP contribution in [0.5, 0.6) is 0 Å². The van der Waals surface area contributed by atoms with Crippen molar-refractivity contribution in [2.75, 3.05) is 0 Å². The van der Waals surface area contributed by atoms with Crippen molar-refractivity contribution >= 4 is 32.4 Å². The van der Waals surface area contributed by atoms with E-state index < -0.39 is 26.0 Å².